The molecule has 0 aliphatic heterocycles. The molecule has 0 fully saturated rings. The van der Waals surface area contributed by atoms with Gasteiger partial charge in [0.1, 0.15) is 0 Å². The first kappa shape index (κ1) is 13.2. The van der Waals surface area contributed by atoms with Crippen molar-refractivity contribution in [1.82, 2.24) is 9.97 Å². The third-order valence-electron chi connectivity index (χ3n) is 2.17. The van der Waals surface area contributed by atoms with E-state index < -0.39 is 0 Å². The van der Waals surface area contributed by atoms with Crippen molar-refractivity contribution in [2.45, 2.75) is 17.0 Å². The van der Waals surface area contributed by atoms with E-state index in [4.69, 9.17) is 0 Å². The second-order valence-electron chi connectivity index (χ2n) is 3.72. The highest BCUT2D eigenvalue weighted by atomic mass is 32.2. The van der Waals surface area contributed by atoms with E-state index in [0.29, 0.717) is 17.0 Å². The fraction of sp³-hybridized carbons (Fsp3) is 0.0769. The molecule has 0 bridgehead atoms. The number of nitrogens with one attached hydrogen (secondary N) is 1. The van der Waals surface area contributed by atoms with Gasteiger partial charge in [-0.3, -0.25) is 9.59 Å². The molecule has 1 heterocycles. The number of amides is 1. The van der Waals surface area contributed by atoms with Crippen LogP contribution in [-0.2, 0) is 4.79 Å². The highest BCUT2D eigenvalue weighted by Gasteiger charge is 2.02. The first-order valence-corrected chi connectivity index (χ1v) is 6.32. The normalized spacial score (nSPS) is 9.95. The number of anilines is 1. The Hall–Kier alpha value is -2.21. The van der Waals surface area contributed by atoms with Crippen molar-refractivity contribution < 1.29 is 9.59 Å². The number of rotatable bonds is 4. The monoisotopic (exact) mass is 273 g/mol. The van der Waals surface area contributed by atoms with Gasteiger partial charge in [-0.15, -0.1) is 0 Å². The van der Waals surface area contributed by atoms with E-state index in [1.807, 2.05) is 24.3 Å². The third kappa shape index (κ3) is 3.89. The first-order chi connectivity index (χ1) is 9.17. The van der Waals surface area contributed by atoms with Crippen LogP contribution in [0.15, 0.2) is 46.7 Å². The van der Waals surface area contributed by atoms with Crippen LogP contribution in [0.4, 0.5) is 5.69 Å². The predicted octanol–water partition coefficient (Wildman–Crippen LogP) is 2.40. The quantitative estimate of drug-likeness (QED) is 0.684. The molecule has 6 heteroatoms. The summed E-state index contributed by atoms with van der Waals surface area (Å²) in [4.78, 5) is 30.4. The molecule has 2 rings (SSSR count). The average Bonchev–Trinajstić information content (AvgIpc) is 2.41. The van der Waals surface area contributed by atoms with Crippen LogP contribution in [0, 0.1) is 0 Å². The number of aromatic nitrogens is 2. The number of aldehydes is 1. The molecule has 1 amide bonds. The molecule has 19 heavy (non-hydrogen) atoms. The Morgan fingerprint density at radius 3 is 2.37 bits per heavy atom. The van der Waals surface area contributed by atoms with Crippen molar-refractivity contribution in [3.63, 3.8) is 0 Å². The molecular formula is C13H11N3O2S. The Balaban J connectivity index is 2.05. The number of carbonyl (C=O) groups excluding carboxylic acids is 2. The Kier molecular flexibility index (Phi) is 4.25. The zero-order chi connectivity index (χ0) is 13.7. The molecule has 0 spiro atoms. The molecule has 1 N–H and O–H groups in total. The second-order valence-corrected chi connectivity index (χ2v) is 4.77. The minimum absolute atomic E-state index is 0.104. The molecule has 0 aliphatic carbocycles. The molecule has 0 atom stereocenters. The molecular weight excluding hydrogens is 262 g/mol. The fourth-order valence-corrected chi connectivity index (χ4v) is 2.05. The van der Waals surface area contributed by atoms with Gasteiger partial charge < -0.3 is 5.32 Å². The zero-order valence-electron chi connectivity index (χ0n) is 10.2. The zero-order valence-corrected chi connectivity index (χ0v) is 11.0. The summed E-state index contributed by atoms with van der Waals surface area (Å²) in [7, 11) is 0. The summed E-state index contributed by atoms with van der Waals surface area (Å²) in [6.45, 7) is 1.46. The van der Waals surface area contributed by atoms with Gasteiger partial charge in [-0.25, -0.2) is 9.97 Å². The lowest BCUT2D eigenvalue weighted by molar-refractivity contribution is -0.114. The summed E-state index contributed by atoms with van der Waals surface area (Å²) in [6, 6.07) is 7.35. The largest absolute Gasteiger partial charge is 0.326 e. The molecule has 1 aromatic heterocycles. The molecule has 96 valence electrons. The Morgan fingerprint density at radius 1 is 1.21 bits per heavy atom. The number of benzene rings is 1. The van der Waals surface area contributed by atoms with E-state index >= 15 is 0 Å². The first-order valence-electron chi connectivity index (χ1n) is 5.50. The van der Waals surface area contributed by atoms with Gasteiger partial charge in [0.05, 0.1) is 5.56 Å². The molecule has 0 saturated carbocycles. The number of hydrogen-bond acceptors (Lipinski definition) is 5. The van der Waals surface area contributed by atoms with Crippen molar-refractivity contribution in [2.75, 3.05) is 5.32 Å². The summed E-state index contributed by atoms with van der Waals surface area (Å²) >= 11 is 1.38. The fourth-order valence-electron chi connectivity index (χ4n) is 1.35. The molecule has 2 aromatic rings. The van der Waals surface area contributed by atoms with Gasteiger partial charge in [0.25, 0.3) is 0 Å². The van der Waals surface area contributed by atoms with Crippen molar-refractivity contribution in [2.24, 2.45) is 0 Å². The van der Waals surface area contributed by atoms with Gasteiger partial charge in [0.15, 0.2) is 11.4 Å². The topological polar surface area (TPSA) is 72.0 Å². The summed E-state index contributed by atoms with van der Waals surface area (Å²) in [5.74, 6) is -0.104. The predicted molar refractivity (Wildman–Crippen MR) is 72.3 cm³/mol. The molecule has 0 saturated heterocycles. The molecule has 0 radical (unpaired) electrons. The van der Waals surface area contributed by atoms with Gasteiger partial charge >= 0.3 is 0 Å². The van der Waals surface area contributed by atoms with Crippen LogP contribution in [0.1, 0.15) is 17.3 Å². The molecule has 0 unspecified atom stereocenters. The number of nitrogens with zero attached hydrogens (tertiary/aromatic N) is 2. The van der Waals surface area contributed by atoms with Gasteiger partial charge in [-0.2, -0.15) is 0 Å². The van der Waals surface area contributed by atoms with E-state index in [0.717, 1.165) is 10.6 Å². The van der Waals surface area contributed by atoms with Crippen LogP contribution in [0.5, 0.6) is 0 Å². The summed E-state index contributed by atoms with van der Waals surface area (Å²) < 4.78 is 0. The van der Waals surface area contributed by atoms with E-state index in [-0.39, 0.29) is 5.91 Å². The van der Waals surface area contributed by atoms with Crippen LogP contribution in [0.3, 0.4) is 0 Å². The Labute approximate surface area is 114 Å². The smallest absolute Gasteiger partial charge is 0.221 e. The molecule has 0 aliphatic rings. The van der Waals surface area contributed by atoms with Crippen LogP contribution in [0.25, 0.3) is 0 Å². The minimum atomic E-state index is -0.104. The van der Waals surface area contributed by atoms with E-state index in [9.17, 15) is 9.59 Å². The van der Waals surface area contributed by atoms with Crippen molar-refractivity contribution in [3.05, 3.63) is 42.2 Å². The Morgan fingerprint density at radius 2 is 1.84 bits per heavy atom. The molecule has 1 aromatic carbocycles. The van der Waals surface area contributed by atoms with Crippen molar-refractivity contribution in [1.29, 1.82) is 0 Å². The SMILES string of the molecule is CC(=O)Nc1ccc(Sc2ncc(C=O)cn2)cc1. The van der Waals surface area contributed by atoms with Gasteiger partial charge in [-0.1, -0.05) is 0 Å². The van der Waals surface area contributed by atoms with Crippen LogP contribution >= 0.6 is 11.8 Å². The van der Waals surface area contributed by atoms with Crippen LogP contribution < -0.4 is 5.32 Å². The van der Waals surface area contributed by atoms with Crippen LogP contribution in [0.2, 0.25) is 0 Å². The molecule has 5 nitrogen and oxygen atoms in total. The highest BCUT2D eigenvalue weighted by Crippen LogP contribution is 2.25. The average molecular weight is 273 g/mol. The third-order valence-corrected chi connectivity index (χ3v) is 3.07. The minimum Gasteiger partial charge on any atom is -0.326 e. The maximum atomic E-state index is 10.9. The highest BCUT2D eigenvalue weighted by molar-refractivity contribution is 7.99. The van der Waals surface area contributed by atoms with E-state index in [1.54, 1.807) is 0 Å². The second kappa shape index (κ2) is 6.10. The van der Waals surface area contributed by atoms with E-state index in [2.05, 4.69) is 15.3 Å². The lowest BCUT2D eigenvalue weighted by atomic mass is 10.3. The van der Waals surface area contributed by atoms with Crippen LogP contribution in [-0.4, -0.2) is 22.2 Å². The van der Waals surface area contributed by atoms with Crippen molar-refractivity contribution in [3.8, 4) is 0 Å². The lowest BCUT2D eigenvalue weighted by Gasteiger charge is -2.03. The van der Waals surface area contributed by atoms with Gasteiger partial charge in [-0.05, 0) is 36.0 Å². The summed E-state index contributed by atoms with van der Waals surface area (Å²) in [5, 5.41) is 3.26. The number of carbonyl (C=O) groups is 2. The summed E-state index contributed by atoms with van der Waals surface area (Å²) in [6.07, 6.45) is 3.67. The van der Waals surface area contributed by atoms with E-state index in [1.165, 1.54) is 31.1 Å². The van der Waals surface area contributed by atoms with Gasteiger partial charge in [0, 0.05) is 29.9 Å². The van der Waals surface area contributed by atoms with Gasteiger partial charge in [0.2, 0.25) is 5.91 Å². The maximum absolute atomic E-state index is 10.9. The van der Waals surface area contributed by atoms with Crippen molar-refractivity contribution >= 4 is 29.6 Å². The number of hydrogen-bond donors (Lipinski definition) is 1. The maximum Gasteiger partial charge on any atom is 0.221 e. The Bertz CT molecular complexity index is 582. The summed E-state index contributed by atoms with van der Waals surface area (Å²) in [5.41, 5.74) is 1.19. The standard InChI is InChI=1S/C13H11N3O2S/c1-9(18)16-11-2-4-12(5-3-11)19-13-14-6-10(8-17)7-15-13/h2-8H,1H3,(H,16,18). The lowest BCUT2D eigenvalue weighted by Crippen LogP contribution is -2.05.